The Hall–Kier alpha value is -2.87. The fourth-order valence-electron chi connectivity index (χ4n) is 2.62. The molecule has 132 valence electrons. The van der Waals surface area contributed by atoms with E-state index in [1.165, 1.54) is 23.9 Å². The Morgan fingerprint density at radius 3 is 2.62 bits per heavy atom. The van der Waals surface area contributed by atoms with Crippen LogP contribution in [0.15, 0.2) is 59.8 Å². The summed E-state index contributed by atoms with van der Waals surface area (Å²) in [5.41, 5.74) is 0.821. The number of benzene rings is 2. The molecule has 1 amide bonds. The maximum absolute atomic E-state index is 13.1. The molecule has 0 spiro atoms. The summed E-state index contributed by atoms with van der Waals surface area (Å²) < 4.78 is 20.6. The Balaban J connectivity index is 1.58. The number of nitrogens with zero attached hydrogens (tertiary/aromatic N) is 4. The van der Waals surface area contributed by atoms with Crippen molar-refractivity contribution in [1.29, 1.82) is 0 Å². The lowest BCUT2D eigenvalue weighted by molar-refractivity contribution is -0.118. The summed E-state index contributed by atoms with van der Waals surface area (Å²) >= 11 is 1.34. The third-order valence-electron chi connectivity index (χ3n) is 3.89. The molecule has 6 nitrogen and oxygen atoms in total. The lowest BCUT2D eigenvalue weighted by Crippen LogP contribution is -2.45. The Morgan fingerprint density at radius 1 is 1.08 bits per heavy atom. The van der Waals surface area contributed by atoms with Crippen molar-refractivity contribution >= 4 is 17.7 Å². The molecule has 0 fully saturated rings. The van der Waals surface area contributed by atoms with Gasteiger partial charge >= 0.3 is 0 Å². The number of hydrogen-bond donors (Lipinski definition) is 0. The Labute approximate surface area is 153 Å². The van der Waals surface area contributed by atoms with Crippen LogP contribution in [0.2, 0.25) is 0 Å². The van der Waals surface area contributed by atoms with Crippen LogP contribution >= 0.6 is 11.8 Å². The molecule has 0 bridgehead atoms. The van der Waals surface area contributed by atoms with Crippen LogP contribution in [0, 0.1) is 5.82 Å². The highest BCUT2D eigenvalue weighted by atomic mass is 32.2. The average molecular weight is 370 g/mol. The Morgan fingerprint density at radius 2 is 1.85 bits per heavy atom. The minimum Gasteiger partial charge on any atom is -0.486 e. The monoisotopic (exact) mass is 370 g/mol. The number of para-hydroxylation sites is 1. The van der Waals surface area contributed by atoms with E-state index in [1.54, 1.807) is 21.8 Å². The molecule has 0 saturated heterocycles. The first-order valence-corrected chi connectivity index (χ1v) is 8.99. The van der Waals surface area contributed by atoms with Crippen LogP contribution in [-0.2, 0) is 17.9 Å². The summed E-state index contributed by atoms with van der Waals surface area (Å²) in [5.74, 6) is 1.17. The van der Waals surface area contributed by atoms with Crippen LogP contribution in [0.4, 0.5) is 4.39 Å². The Bertz CT molecular complexity index is 915. The minimum atomic E-state index is -0.309. The number of carbonyl (C=O) groups excluding carboxylic acids is 1. The largest absolute Gasteiger partial charge is 0.486 e. The number of rotatable bonds is 5. The van der Waals surface area contributed by atoms with Gasteiger partial charge in [0.25, 0.3) is 5.91 Å². The smallest absolute Gasteiger partial charge is 0.252 e. The molecule has 26 heavy (non-hydrogen) atoms. The van der Waals surface area contributed by atoms with Gasteiger partial charge in [-0.05, 0) is 29.8 Å². The highest BCUT2D eigenvalue weighted by Crippen LogP contribution is 2.25. The second-order valence-electron chi connectivity index (χ2n) is 5.68. The normalized spacial score (nSPS) is 13.6. The van der Waals surface area contributed by atoms with Crippen molar-refractivity contribution < 1.29 is 13.9 Å². The molecular formula is C18H15FN4O2S. The van der Waals surface area contributed by atoms with Crippen molar-refractivity contribution in [3.8, 4) is 5.75 Å². The molecule has 0 radical (unpaired) electrons. The average Bonchev–Trinajstić information content (AvgIpc) is 3.08. The maximum Gasteiger partial charge on any atom is 0.252 e. The maximum atomic E-state index is 13.1. The van der Waals surface area contributed by atoms with Gasteiger partial charge in [0, 0.05) is 0 Å². The molecule has 0 N–H and O–H groups in total. The second-order valence-corrected chi connectivity index (χ2v) is 6.62. The zero-order chi connectivity index (χ0) is 17.9. The number of aromatic nitrogens is 3. The lowest BCUT2D eigenvalue weighted by atomic mass is 10.2. The van der Waals surface area contributed by atoms with Gasteiger partial charge in [-0.15, -0.1) is 10.2 Å². The molecular weight excluding hydrogens is 355 g/mol. The molecule has 8 heteroatoms. The Kier molecular flexibility index (Phi) is 4.57. The number of carbonyl (C=O) groups is 1. The molecule has 0 saturated carbocycles. The number of halogens is 1. The quantitative estimate of drug-likeness (QED) is 0.691. The second kappa shape index (κ2) is 7.17. The van der Waals surface area contributed by atoms with E-state index in [2.05, 4.69) is 10.2 Å². The summed E-state index contributed by atoms with van der Waals surface area (Å²) in [5, 5.41) is 10.5. The zero-order valence-corrected chi connectivity index (χ0v) is 14.5. The van der Waals surface area contributed by atoms with Crippen molar-refractivity contribution in [2.75, 3.05) is 10.8 Å². The first kappa shape index (κ1) is 16.6. The first-order valence-electron chi connectivity index (χ1n) is 8.01. The third-order valence-corrected chi connectivity index (χ3v) is 4.79. The number of hydrogen-bond acceptors (Lipinski definition) is 5. The summed E-state index contributed by atoms with van der Waals surface area (Å²) in [7, 11) is 0. The molecule has 2 heterocycles. The summed E-state index contributed by atoms with van der Waals surface area (Å²) in [6.45, 7) is 0.494. The highest BCUT2D eigenvalue weighted by Gasteiger charge is 2.29. The van der Waals surface area contributed by atoms with Crippen molar-refractivity contribution in [3.05, 3.63) is 71.8 Å². The van der Waals surface area contributed by atoms with Gasteiger partial charge < -0.3 is 4.74 Å². The van der Waals surface area contributed by atoms with Crippen LogP contribution in [-0.4, -0.2) is 26.5 Å². The van der Waals surface area contributed by atoms with E-state index < -0.39 is 0 Å². The van der Waals surface area contributed by atoms with Crippen LogP contribution < -0.4 is 9.75 Å². The standard InChI is InChI=1S/C18H15FN4O2S/c19-14-8-6-13(7-9-14)10-22-17(24)12-26-18-21-20-16(23(18)22)11-25-15-4-2-1-3-5-15/h1-9H,10-12H2. The van der Waals surface area contributed by atoms with E-state index >= 15 is 0 Å². The van der Waals surface area contributed by atoms with Crippen molar-refractivity contribution in [2.45, 2.75) is 18.3 Å². The van der Waals surface area contributed by atoms with Crippen molar-refractivity contribution in [3.63, 3.8) is 0 Å². The van der Waals surface area contributed by atoms with Crippen molar-refractivity contribution in [2.24, 2.45) is 0 Å². The molecule has 2 aromatic carbocycles. The van der Waals surface area contributed by atoms with Crippen LogP contribution in [0.25, 0.3) is 0 Å². The van der Waals surface area contributed by atoms with E-state index in [0.717, 1.165) is 5.56 Å². The van der Waals surface area contributed by atoms with Gasteiger partial charge in [-0.1, -0.05) is 42.1 Å². The fraction of sp³-hybridized carbons (Fsp3) is 0.167. The van der Waals surface area contributed by atoms with Gasteiger partial charge in [-0.25, -0.2) is 14.1 Å². The summed E-state index contributed by atoms with van der Waals surface area (Å²) in [6, 6.07) is 15.5. The summed E-state index contributed by atoms with van der Waals surface area (Å²) in [6.07, 6.45) is 0. The lowest BCUT2D eigenvalue weighted by Gasteiger charge is -2.29. The van der Waals surface area contributed by atoms with Gasteiger partial charge in [0.15, 0.2) is 5.82 Å². The van der Waals surface area contributed by atoms with Crippen LogP contribution in [0.5, 0.6) is 5.75 Å². The molecule has 1 aliphatic heterocycles. The van der Waals surface area contributed by atoms with E-state index in [1.807, 2.05) is 30.3 Å². The number of amides is 1. The topological polar surface area (TPSA) is 60.2 Å². The zero-order valence-electron chi connectivity index (χ0n) is 13.7. The molecule has 1 aliphatic rings. The minimum absolute atomic E-state index is 0.0624. The molecule has 0 unspecified atom stereocenters. The fourth-order valence-corrected chi connectivity index (χ4v) is 3.44. The molecule has 1 aromatic heterocycles. The van der Waals surface area contributed by atoms with E-state index in [-0.39, 0.29) is 18.3 Å². The van der Waals surface area contributed by atoms with Gasteiger partial charge in [0.05, 0.1) is 12.3 Å². The van der Waals surface area contributed by atoms with E-state index in [0.29, 0.717) is 29.0 Å². The first-order chi connectivity index (χ1) is 12.7. The van der Waals surface area contributed by atoms with Gasteiger partial charge in [0.2, 0.25) is 5.16 Å². The van der Waals surface area contributed by atoms with Gasteiger partial charge in [-0.3, -0.25) is 4.79 Å². The van der Waals surface area contributed by atoms with Gasteiger partial charge in [-0.2, -0.15) is 0 Å². The van der Waals surface area contributed by atoms with Crippen LogP contribution in [0.3, 0.4) is 0 Å². The molecule has 0 aliphatic carbocycles. The predicted molar refractivity (Wildman–Crippen MR) is 94.8 cm³/mol. The molecule has 0 atom stereocenters. The number of fused-ring (bicyclic) bond motifs is 1. The highest BCUT2D eigenvalue weighted by molar-refractivity contribution is 7.99. The molecule has 3 aromatic rings. The number of ether oxygens (including phenoxy) is 1. The number of thioether (sulfide) groups is 1. The van der Waals surface area contributed by atoms with E-state index in [9.17, 15) is 9.18 Å². The predicted octanol–water partition coefficient (Wildman–Crippen LogP) is 2.77. The SMILES string of the molecule is O=C1CSc2nnc(COc3ccccc3)n2N1Cc1ccc(F)cc1. The van der Waals surface area contributed by atoms with Crippen molar-refractivity contribution in [1.82, 2.24) is 14.9 Å². The van der Waals surface area contributed by atoms with Crippen LogP contribution in [0.1, 0.15) is 11.4 Å². The summed E-state index contributed by atoms with van der Waals surface area (Å²) in [4.78, 5) is 12.5. The third kappa shape index (κ3) is 3.41. The van der Waals surface area contributed by atoms with E-state index in [4.69, 9.17) is 4.74 Å². The van der Waals surface area contributed by atoms with Gasteiger partial charge in [0.1, 0.15) is 18.2 Å². The molecule has 4 rings (SSSR count).